The molecule has 6 nitrogen and oxygen atoms in total. The molecule has 1 N–H and O–H groups in total. The minimum absolute atomic E-state index is 0.0812. The van der Waals surface area contributed by atoms with Crippen LogP contribution in [0.3, 0.4) is 0 Å². The van der Waals surface area contributed by atoms with Crippen molar-refractivity contribution < 1.29 is 24.2 Å². The summed E-state index contributed by atoms with van der Waals surface area (Å²) in [6, 6.07) is 0. The highest BCUT2D eigenvalue weighted by Gasteiger charge is 2.57. The lowest BCUT2D eigenvalue weighted by atomic mass is 9.66. The molecule has 0 aromatic heterocycles. The Hall–Kier alpha value is -1.14. The summed E-state index contributed by atoms with van der Waals surface area (Å²) in [6.07, 6.45) is 4.10. The summed E-state index contributed by atoms with van der Waals surface area (Å²) in [5.74, 6) is -0.733. The van der Waals surface area contributed by atoms with Gasteiger partial charge in [-0.25, -0.2) is 0 Å². The average molecular weight is 311 g/mol. The van der Waals surface area contributed by atoms with Crippen LogP contribution in [-0.2, 0) is 19.1 Å². The zero-order valence-corrected chi connectivity index (χ0v) is 13.2. The standard InChI is InChI=1S/C16H25NO5/c1-21-7-5-15(3-2-4-15)13(18)17-9-12-10-22-8-6-16(12,11-17)14(19)20/h12H,2-11H2,1H3,(H,19,20)/t12-,16+/m0/s1. The number of aliphatic carboxylic acids is 1. The van der Waals surface area contributed by atoms with Crippen molar-refractivity contribution in [2.75, 3.05) is 40.0 Å². The summed E-state index contributed by atoms with van der Waals surface area (Å²) in [5.41, 5.74) is -1.12. The van der Waals surface area contributed by atoms with E-state index in [-0.39, 0.29) is 17.2 Å². The summed E-state index contributed by atoms with van der Waals surface area (Å²) >= 11 is 0. The molecule has 124 valence electrons. The number of nitrogens with zero attached hydrogens (tertiary/aromatic N) is 1. The lowest BCUT2D eigenvalue weighted by Crippen LogP contribution is -2.49. The maximum atomic E-state index is 13.0. The second kappa shape index (κ2) is 5.81. The van der Waals surface area contributed by atoms with Gasteiger partial charge < -0.3 is 19.5 Å². The molecule has 22 heavy (non-hydrogen) atoms. The summed E-state index contributed by atoms with van der Waals surface area (Å²) < 4.78 is 10.6. The molecule has 2 atom stereocenters. The summed E-state index contributed by atoms with van der Waals surface area (Å²) in [5, 5.41) is 9.70. The molecule has 0 unspecified atom stereocenters. The van der Waals surface area contributed by atoms with E-state index in [1.165, 1.54) is 0 Å². The molecule has 2 heterocycles. The van der Waals surface area contributed by atoms with Crippen molar-refractivity contribution in [1.82, 2.24) is 4.90 Å². The Morgan fingerprint density at radius 2 is 2.14 bits per heavy atom. The maximum Gasteiger partial charge on any atom is 0.311 e. The van der Waals surface area contributed by atoms with Gasteiger partial charge in [0.15, 0.2) is 0 Å². The number of ether oxygens (including phenoxy) is 2. The molecular formula is C16H25NO5. The molecule has 3 fully saturated rings. The Bertz CT molecular complexity index is 461. The van der Waals surface area contributed by atoms with Gasteiger partial charge in [-0.15, -0.1) is 0 Å². The number of hydrogen-bond acceptors (Lipinski definition) is 4. The third-order valence-corrected chi connectivity index (χ3v) is 5.97. The fourth-order valence-corrected chi connectivity index (χ4v) is 4.26. The van der Waals surface area contributed by atoms with Gasteiger partial charge in [-0.1, -0.05) is 6.42 Å². The van der Waals surface area contributed by atoms with Gasteiger partial charge in [-0.05, 0) is 25.7 Å². The van der Waals surface area contributed by atoms with Gasteiger partial charge in [0, 0.05) is 39.3 Å². The molecule has 3 rings (SSSR count). The molecule has 1 saturated carbocycles. The fraction of sp³-hybridized carbons (Fsp3) is 0.875. The second-order valence-corrected chi connectivity index (χ2v) is 7.05. The lowest BCUT2D eigenvalue weighted by Gasteiger charge is -2.43. The van der Waals surface area contributed by atoms with E-state index in [1.807, 2.05) is 0 Å². The first-order valence-electron chi connectivity index (χ1n) is 8.14. The summed E-state index contributed by atoms with van der Waals surface area (Å²) in [4.78, 5) is 26.6. The third-order valence-electron chi connectivity index (χ3n) is 5.97. The number of carboxylic acids is 1. The van der Waals surface area contributed by atoms with Crippen LogP contribution in [0.15, 0.2) is 0 Å². The van der Waals surface area contributed by atoms with Crippen LogP contribution in [0.4, 0.5) is 0 Å². The van der Waals surface area contributed by atoms with Crippen LogP contribution in [-0.4, -0.2) is 61.9 Å². The molecule has 2 aliphatic heterocycles. The van der Waals surface area contributed by atoms with E-state index in [9.17, 15) is 14.7 Å². The Kier molecular flexibility index (Phi) is 4.16. The SMILES string of the molecule is COCCC1(C(=O)N2C[C@H]3COCC[C@@]3(C(=O)O)C2)CCC1. The van der Waals surface area contributed by atoms with Crippen LogP contribution in [0, 0.1) is 16.7 Å². The van der Waals surface area contributed by atoms with Crippen molar-refractivity contribution in [1.29, 1.82) is 0 Å². The van der Waals surface area contributed by atoms with Gasteiger partial charge in [0.2, 0.25) is 5.91 Å². The predicted molar refractivity (Wildman–Crippen MR) is 78.4 cm³/mol. The molecule has 2 saturated heterocycles. The highest BCUT2D eigenvalue weighted by molar-refractivity contribution is 5.86. The molecule has 0 radical (unpaired) electrons. The van der Waals surface area contributed by atoms with Gasteiger partial charge in [-0.3, -0.25) is 9.59 Å². The average Bonchev–Trinajstić information content (AvgIpc) is 2.87. The zero-order chi connectivity index (χ0) is 15.8. The van der Waals surface area contributed by atoms with Gasteiger partial charge in [-0.2, -0.15) is 0 Å². The number of rotatable bonds is 5. The van der Waals surface area contributed by atoms with E-state index in [4.69, 9.17) is 9.47 Å². The first-order chi connectivity index (χ1) is 10.5. The largest absolute Gasteiger partial charge is 0.481 e. The Balaban J connectivity index is 1.75. The van der Waals surface area contributed by atoms with Crippen molar-refractivity contribution in [3.05, 3.63) is 0 Å². The Labute approximate surface area is 130 Å². The molecule has 0 spiro atoms. The molecule has 0 bridgehead atoms. The van der Waals surface area contributed by atoms with E-state index in [2.05, 4.69) is 0 Å². The van der Waals surface area contributed by atoms with Gasteiger partial charge in [0.05, 0.1) is 17.4 Å². The number of carbonyl (C=O) groups is 2. The zero-order valence-electron chi connectivity index (χ0n) is 13.2. The number of carbonyl (C=O) groups excluding carboxylic acids is 1. The number of methoxy groups -OCH3 is 1. The normalized spacial score (nSPS) is 33.1. The predicted octanol–water partition coefficient (Wildman–Crippen LogP) is 1.14. The van der Waals surface area contributed by atoms with E-state index in [1.54, 1.807) is 12.0 Å². The quantitative estimate of drug-likeness (QED) is 0.824. The Morgan fingerprint density at radius 1 is 1.36 bits per heavy atom. The maximum absolute atomic E-state index is 13.0. The molecule has 3 aliphatic rings. The summed E-state index contributed by atoms with van der Waals surface area (Å²) in [6.45, 7) is 2.35. The Morgan fingerprint density at radius 3 is 2.68 bits per heavy atom. The topological polar surface area (TPSA) is 76.1 Å². The fourth-order valence-electron chi connectivity index (χ4n) is 4.26. The van der Waals surface area contributed by atoms with E-state index < -0.39 is 11.4 Å². The third kappa shape index (κ3) is 2.33. The van der Waals surface area contributed by atoms with E-state index in [0.29, 0.717) is 39.3 Å². The van der Waals surface area contributed by atoms with Gasteiger partial charge in [0.1, 0.15) is 0 Å². The van der Waals surface area contributed by atoms with Crippen molar-refractivity contribution in [3.63, 3.8) is 0 Å². The van der Waals surface area contributed by atoms with Crippen LogP contribution in [0.25, 0.3) is 0 Å². The number of hydrogen-bond donors (Lipinski definition) is 1. The molecule has 1 aliphatic carbocycles. The van der Waals surface area contributed by atoms with Crippen LogP contribution in [0.5, 0.6) is 0 Å². The molecule has 0 aromatic rings. The highest BCUT2D eigenvalue weighted by atomic mass is 16.5. The minimum Gasteiger partial charge on any atom is -0.481 e. The number of likely N-dealkylation sites (tertiary alicyclic amines) is 1. The molecular weight excluding hydrogens is 286 g/mol. The monoisotopic (exact) mass is 311 g/mol. The van der Waals surface area contributed by atoms with Crippen molar-refractivity contribution in [2.24, 2.45) is 16.7 Å². The number of amides is 1. The van der Waals surface area contributed by atoms with Crippen LogP contribution >= 0.6 is 0 Å². The van der Waals surface area contributed by atoms with E-state index in [0.717, 1.165) is 25.7 Å². The lowest BCUT2D eigenvalue weighted by molar-refractivity contribution is -0.158. The van der Waals surface area contributed by atoms with Crippen molar-refractivity contribution in [3.8, 4) is 0 Å². The summed E-state index contributed by atoms with van der Waals surface area (Å²) in [7, 11) is 1.65. The smallest absolute Gasteiger partial charge is 0.311 e. The number of fused-ring (bicyclic) bond motifs is 1. The molecule has 1 amide bonds. The van der Waals surface area contributed by atoms with Crippen molar-refractivity contribution >= 4 is 11.9 Å². The van der Waals surface area contributed by atoms with Crippen LogP contribution in [0.1, 0.15) is 32.1 Å². The van der Waals surface area contributed by atoms with Crippen LogP contribution < -0.4 is 0 Å². The van der Waals surface area contributed by atoms with Crippen molar-refractivity contribution in [2.45, 2.75) is 32.1 Å². The molecule has 0 aromatic carbocycles. The van der Waals surface area contributed by atoms with Gasteiger partial charge in [0.25, 0.3) is 0 Å². The van der Waals surface area contributed by atoms with Gasteiger partial charge >= 0.3 is 5.97 Å². The molecule has 6 heteroatoms. The minimum atomic E-state index is -0.805. The van der Waals surface area contributed by atoms with E-state index >= 15 is 0 Å². The van der Waals surface area contributed by atoms with Crippen LogP contribution in [0.2, 0.25) is 0 Å². The second-order valence-electron chi connectivity index (χ2n) is 7.05. The highest BCUT2D eigenvalue weighted by Crippen LogP contribution is 2.49. The first kappa shape index (κ1) is 15.7. The first-order valence-corrected chi connectivity index (χ1v) is 8.14. The number of carboxylic acid groups (broad SMARTS) is 1.